The van der Waals surface area contributed by atoms with Crippen molar-refractivity contribution in [2.45, 2.75) is 6.42 Å². The monoisotopic (exact) mass is 230 g/mol. The zero-order chi connectivity index (χ0) is 12.3. The molecule has 0 saturated heterocycles. The average Bonchev–Trinajstić information content (AvgIpc) is 2.34. The molecule has 0 radical (unpaired) electrons. The van der Waals surface area contributed by atoms with E-state index in [2.05, 4.69) is 0 Å². The Morgan fingerprint density at radius 2 is 1.88 bits per heavy atom. The summed E-state index contributed by atoms with van der Waals surface area (Å²) in [6.07, 6.45) is 0.553. The molecule has 17 heavy (non-hydrogen) atoms. The van der Waals surface area contributed by atoms with E-state index < -0.39 is 0 Å². The van der Waals surface area contributed by atoms with Crippen LogP contribution in [0.5, 0.6) is 17.2 Å². The Morgan fingerprint density at radius 1 is 1.06 bits per heavy atom. The summed E-state index contributed by atoms with van der Waals surface area (Å²) in [5, 5.41) is 19.1. The topological polar surface area (TPSA) is 49.7 Å². The van der Waals surface area contributed by atoms with E-state index in [9.17, 15) is 10.2 Å². The Balaban J connectivity index is 2.27. The zero-order valence-electron chi connectivity index (χ0n) is 9.55. The maximum atomic E-state index is 9.68. The van der Waals surface area contributed by atoms with Gasteiger partial charge < -0.3 is 14.9 Å². The smallest absolute Gasteiger partial charge is 0.119 e. The molecule has 2 aromatic rings. The summed E-state index contributed by atoms with van der Waals surface area (Å²) in [4.78, 5) is 0. The second kappa shape index (κ2) is 4.78. The van der Waals surface area contributed by atoms with Gasteiger partial charge in [0.25, 0.3) is 0 Å². The molecule has 0 unspecified atom stereocenters. The van der Waals surface area contributed by atoms with Crippen molar-refractivity contribution in [2.24, 2.45) is 0 Å². The maximum absolute atomic E-state index is 9.68. The Labute approximate surface area is 99.9 Å². The first kappa shape index (κ1) is 11.3. The van der Waals surface area contributed by atoms with Gasteiger partial charge in [-0.05, 0) is 35.9 Å². The molecule has 0 fully saturated rings. The molecule has 3 heteroatoms. The summed E-state index contributed by atoms with van der Waals surface area (Å²) in [6.45, 7) is 0. The lowest BCUT2D eigenvalue weighted by molar-refractivity contribution is 0.414. The van der Waals surface area contributed by atoms with Crippen molar-refractivity contribution in [3.63, 3.8) is 0 Å². The van der Waals surface area contributed by atoms with Crippen LogP contribution in [-0.4, -0.2) is 17.3 Å². The summed E-state index contributed by atoms with van der Waals surface area (Å²) >= 11 is 0. The number of hydrogen-bond donors (Lipinski definition) is 2. The highest BCUT2D eigenvalue weighted by molar-refractivity contribution is 5.42. The van der Waals surface area contributed by atoms with Crippen LogP contribution < -0.4 is 4.74 Å². The standard InChI is InChI=1S/C14H14O3/c1-17-13-4-2-3-10(8-13)7-11-9-12(15)5-6-14(11)16/h2-6,8-9,15-16H,7H2,1H3. The highest BCUT2D eigenvalue weighted by atomic mass is 16.5. The van der Waals surface area contributed by atoms with Crippen LogP contribution >= 0.6 is 0 Å². The summed E-state index contributed by atoms with van der Waals surface area (Å²) in [5.41, 5.74) is 1.71. The molecule has 0 aliphatic heterocycles. The fraction of sp³-hybridized carbons (Fsp3) is 0.143. The Kier molecular flexibility index (Phi) is 3.19. The fourth-order valence-electron chi connectivity index (χ4n) is 1.72. The van der Waals surface area contributed by atoms with Gasteiger partial charge in [0.1, 0.15) is 17.2 Å². The van der Waals surface area contributed by atoms with E-state index in [1.54, 1.807) is 13.2 Å². The minimum atomic E-state index is 0.153. The average molecular weight is 230 g/mol. The number of rotatable bonds is 3. The third kappa shape index (κ3) is 2.69. The Hall–Kier alpha value is -2.16. The normalized spacial score (nSPS) is 10.2. The predicted octanol–water partition coefficient (Wildman–Crippen LogP) is 2.70. The Bertz CT molecular complexity index is 521. The molecule has 0 bridgehead atoms. The van der Waals surface area contributed by atoms with Crippen LogP contribution in [0.1, 0.15) is 11.1 Å². The second-order valence-electron chi connectivity index (χ2n) is 3.84. The highest BCUT2D eigenvalue weighted by Crippen LogP contribution is 2.25. The minimum Gasteiger partial charge on any atom is -0.508 e. The molecule has 3 nitrogen and oxygen atoms in total. The van der Waals surface area contributed by atoms with E-state index in [0.717, 1.165) is 11.3 Å². The van der Waals surface area contributed by atoms with E-state index >= 15 is 0 Å². The van der Waals surface area contributed by atoms with Gasteiger partial charge in [0.2, 0.25) is 0 Å². The molecule has 88 valence electrons. The van der Waals surface area contributed by atoms with E-state index in [1.807, 2.05) is 24.3 Å². The zero-order valence-corrected chi connectivity index (χ0v) is 9.55. The Morgan fingerprint density at radius 3 is 2.65 bits per heavy atom. The van der Waals surface area contributed by atoms with Gasteiger partial charge in [-0.1, -0.05) is 12.1 Å². The molecule has 2 N–H and O–H groups in total. The van der Waals surface area contributed by atoms with Gasteiger partial charge in [-0.25, -0.2) is 0 Å². The summed E-state index contributed by atoms with van der Waals surface area (Å²) in [7, 11) is 1.62. The van der Waals surface area contributed by atoms with Crippen molar-refractivity contribution in [1.82, 2.24) is 0 Å². The van der Waals surface area contributed by atoms with Gasteiger partial charge >= 0.3 is 0 Å². The van der Waals surface area contributed by atoms with Gasteiger partial charge in [0, 0.05) is 12.0 Å². The molecule has 2 rings (SSSR count). The van der Waals surface area contributed by atoms with Crippen LogP contribution in [0.2, 0.25) is 0 Å². The van der Waals surface area contributed by atoms with Crippen molar-refractivity contribution >= 4 is 0 Å². The number of phenols is 2. The minimum absolute atomic E-state index is 0.153. The van der Waals surface area contributed by atoms with Gasteiger partial charge in [0.05, 0.1) is 7.11 Å². The molecule has 0 heterocycles. The van der Waals surface area contributed by atoms with Gasteiger partial charge in [-0.3, -0.25) is 0 Å². The van der Waals surface area contributed by atoms with Crippen LogP contribution in [0.25, 0.3) is 0 Å². The molecular weight excluding hydrogens is 216 g/mol. The van der Waals surface area contributed by atoms with Crippen LogP contribution in [-0.2, 0) is 6.42 Å². The van der Waals surface area contributed by atoms with Crippen LogP contribution in [0.3, 0.4) is 0 Å². The van der Waals surface area contributed by atoms with Crippen molar-refractivity contribution in [2.75, 3.05) is 7.11 Å². The third-order valence-corrected chi connectivity index (χ3v) is 2.59. The number of benzene rings is 2. The molecule has 0 spiro atoms. The number of phenolic OH excluding ortho intramolecular Hbond substituents is 2. The van der Waals surface area contributed by atoms with Gasteiger partial charge in [-0.2, -0.15) is 0 Å². The molecular formula is C14H14O3. The first-order valence-corrected chi connectivity index (χ1v) is 5.33. The van der Waals surface area contributed by atoms with Gasteiger partial charge in [-0.15, -0.1) is 0 Å². The predicted molar refractivity (Wildman–Crippen MR) is 65.6 cm³/mol. The van der Waals surface area contributed by atoms with Gasteiger partial charge in [0.15, 0.2) is 0 Å². The number of methoxy groups -OCH3 is 1. The van der Waals surface area contributed by atoms with Crippen LogP contribution in [0.15, 0.2) is 42.5 Å². The van der Waals surface area contributed by atoms with E-state index in [0.29, 0.717) is 12.0 Å². The quantitative estimate of drug-likeness (QED) is 0.797. The summed E-state index contributed by atoms with van der Waals surface area (Å²) in [6, 6.07) is 12.1. The van der Waals surface area contributed by atoms with Crippen molar-refractivity contribution in [3.05, 3.63) is 53.6 Å². The van der Waals surface area contributed by atoms with E-state index in [1.165, 1.54) is 12.1 Å². The third-order valence-electron chi connectivity index (χ3n) is 2.59. The number of ether oxygens (including phenoxy) is 1. The van der Waals surface area contributed by atoms with Crippen molar-refractivity contribution in [1.29, 1.82) is 0 Å². The van der Waals surface area contributed by atoms with E-state index in [4.69, 9.17) is 4.74 Å². The lowest BCUT2D eigenvalue weighted by Gasteiger charge is -2.07. The number of aromatic hydroxyl groups is 2. The lowest BCUT2D eigenvalue weighted by atomic mass is 10.0. The highest BCUT2D eigenvalue weighted by Gasteiger charge is 2.04. The molecule has 2 aromatic carbocycles. The molecule has 0 amide bonds. The molecule has 0 atom stereocenters. The summed E-state index contributed by atoms with van der Waals surface area (Å²) in [5.74, 6) is 1.12. The summed E-state index contributed by atoms with van der Waals surface area (Å²) < 4.78 is 5.13. The van der Waals surface area contributed by atoms with Crippen LogP contribution in [0.4, 0.5) is 0 Å². The first-order valence-electron chi connectivity index (χ1n) is 5.33. The SMILES string of the molecule is COc1cccc(Cc2cc(O)ccc2O)c1. The van der Waals surface area contributed by atoms with Crippen LogP contribution in [0, 0.1) is 0 Å². The molecule has 0 aliphatic carbocycles. The van der Waals surface area contributed by atoms with E-state index in [-0.39, 0.29) is 11.5 Å². The van der Waals surface area contributed by atoms with Crippen molar-refractivity contribution in [3.8, 4) is 17.2 Å². The number of hydrogen-bond acceptors (Lipinski definition) is 3. The largest absolute Gasteiger partial charge is 0.508 e. The first-order chi connectivity index (χ1) is 8.19. The molecule has 0 aromatic heterocycles. The van der Waals surface area contributed by atoms with Crippen molar-refractivity contribution < 1.29 is 14.9 Å². The molecule has 0 saturated carbocycles. The second-order valence-corrected chi connectivity index (χ2v) is 3.84. The fourth-order valence-corrected chi connectivity index (χ4v) is 1.72. The lowest BCUT2D eigenvalue weighted by Crippen LogP contribution is -1.90. The molecule has 0 aliphatic rings. The maximum Gasteiger partial charge on any atom is 0.119 e.